The van der Waals surface area contributed by atoms with Crippen molar-refractivity contribution in [1.82, 2.24) is 0 Å². The van der Waals surface area contributed by atoms with Crippen LogP contribution in [0.15, 0.2) is 36.4 Å². The molecule has 2 rings (SSSR count). The largest absolute Gasteiger partial charge is 0.495 e. The fourth-order valence-corrected chi connectivity index (χ4v) is 2.64. The van der Waals surface area contributed by atoms with E-state index in [1.165, 1.54) is 0 Å². The molecule has 0 aliphatic heterocycles. The smallest absolute Gasteiger partial charge is 0.255 e. The fourth-order valence-electron chi connectivity index (χ4n) is 2.64. The van der Waals surface area contributed by atoms with Crippen LogP contribution in [0.2, 0.25) is 0 Å². The topological polar surface area (TPSA) is 67.6 Å². The summed E-state index contributed by atoms with van der Waals surface area (Å²) < 4.78 is 5.11. The Balaban J connectivity index is 2.18. The molecule has 3 N–H and O–H groups in total. The maximum Gasteiger partial charge on any atom is 0.255 e. The first kappa shape index (κ1) is 17.7. The summed E-state index contributed by atoms with van der Waals surface area (Å²) in [5, 5.41) is 2.94. The number of amides is 1. The van der Waals surface area contributed by atoms with Crippen molar-refractivity contribution >= 4 is 23.0 Å². The minimum absolute atomic E-state index is 0.192. The lowest BCUT2D eigenvalue weighted by Crippen LogP contribution is -2.22. The second-order valence-electron chi connectivity index (χ2n) is 5.58. The Hall–Kier alpha value is -2.69. The van der Waals surface area contributed by atoms with Crippen molar-refractivity contribution in [3.8, 4) is 5.75 Å². The Bertz CT molecular complexity index is 725. The number of carbonyl (C=O) groups is 1. The van der Waals surface area contributed by atoms with Gasteiger partial charge in [-0.25, -0.2) is 0 Å². The van der Waals surface area contributed by atoms with Gasteiger partial charge >= 0.3 is 0 Å². The van der Waals surface area contributed by atoms with Gasteiger partial charge < -0.3 is 20.7 Å². The predicted octanol–water partition coefficient (Wildman–Crippen LogP) is 3.68. The van der Waals surface area contributed by atoms with E-state index in [0.717, 1.165) is 30.0 Å². The lowest BCUT2D eigenvalue weighted by molar-refractivity contribution is 0.102. The molecule has 0 atom stereocenters. The second-order valence-corrected chi connectivity index (χ2v) is 5.58. The molecule has 5 heteroatoms. The van der Waals surface area contributed by atoms with E-state index in [-0.39, 0.29) is 5.91 Å². The number of anilines is 3. The van der Waals surface area contributed by atoms with Gasteiger partial charge in [-0.3, -0.25) is 4.79 Å². The molecule has 5 nitrogen and oxygen atoms in total. The summed E-state index contributed by atoms with van der Waals surface area (Å²) in [5.74, 6) is 0.370. The average molecular weight is 327 g/mol. The zero-order valence-electron chi connectivity index (χ0n) is 14.7. The van der Waals surface area contributed by atoms with E-state index in [2.05, 4.69) is 30.1 Å². The van der Waals surface area contributed by atoms with Crippen LogP contribution in [0.4, 0.5) is 17.1 Å². The van der Waals surface area contributed by atoms with Crippen molar-refractivity contribution in [2.45, 2.75) is 20.8 Å². The summed E-state index contributed by atoms with van der Waals surface area (Å²) in [6.45, 7) is 8.15. The first-order chi connectivity index (χ1) is 11.5. The summed E-state index contributed by atoms with van der Waals surface area (Å²) in [6.07, 6.45) is 0. The number of aryl methyl sites for hydroxylation is 1. The Kier molecular flexibility index (Phi) is 5.68. The van der Waals surface area contributed by atoms with Gasteiger partial charge in [0.1, 0.15) is 5.75 Å². The van der Waals surface area contributed by atoms with Crippen LogP contribution in [0.1, 0.15) is 29.8 Å². The molecule has 24 heavy (non-hydrogen) atoms. The Labute approximate surface area is 143 Å². The van der Waals surface area contributed by atoms with Gasteiger partial charge in [0.25, 0.3) is 5.91 Å². The highest BCUT2D eigenvalue weighted by Gasteiger charge is 2.11. The predicted molar refractivity (Wildman–Crippen MR) is 100 cm³/mol. The van der Waals surface area contributed by atoms with Crippen molar-refractivity contribution in [3.63, 3.8) is 0 Å². The van der Waals surface area contributed by atoms with E-state index in [1.807, 2.05) is 19.1 Å². The molecule has 128 valence electrons. The normalized spacial score (nSPS) is 10.3. The van der Waals surface area contributed by atoms with Crippen molar-refractivity contribution < 1.29 is 9.53 Å². The summed E-state index contributed by atoms with van der Waals surface area (Å²) >= 11 is 0. The van der Waals surface area contributed by atoms with Crippen LogP contribution in [0.5, 0.6) is 5.75 Å². The van der Waals surface area contributed by atoms with Gasteiger partial charge in [-0.05, 0) is 62.7 Å². The molecule has 2 aromatic rings. The van der Waals surface area contributed by atoms with Crippen molar-refractivity contribution in [2.75, 3.05) is 36.1 Å². The summed E-state index contributed by atoms with van der Waals surface area (Å²) in [4.78, 5) is 14.7. The zero-order chi connectivity index (χ0) is 17.7. The molecule has 0 radical (unpaired) electrons. The number of rotatable bonds is 6. The summed E-state index contributed by atoms with van der Waals surface area (Å²) in [6, 6.07) is 11.1. The van der Waals surface area contributed by atoms with Crippen LogP contribution in [0.3, 0.4) is 0 Å². The summed E-state index contributed by atoms with van der Waals surface area (Å²) in [5.41, 5.74) is 9.79. The van der Waals surface area contributed by atoms with E-state index >= 15 is 0 Å². The first-order valence-corrected chi connectivity index (χ1v) is 8.10. The van der Waals surface area contributed by atoms with Gasteiger partial charge in [0.05, 0.1) is 12.8 Å². The standard InChI is InChI=1S/C19H25N3O2/c1-5-22(6-2)15-8-9-17(13(3)11-15)21-19(23)14-7-10-18(24-4)16(20)12-14/h7-12H,5-6,20H2,1-4H3,(H,21,23). The van der Waals surface area contributed by atoms with Gasteiger partial charge in [0.15, 0.2) is 0 Å². The van der Waals surface area contributed by atoms with Gasteiger partial charge in [0.2, 0.25) is 0 Å². The first-order valence-electron chi connectivity index (χ1n) is 8.10. The van der Waals surface area contributed by atoms with E-state index in [1.54, 1.807) is 25.3 Å². The van der Waals surface area contributed by atoms with Crippen LogP contribution in [0.25, 0.3) is 0 Å². The van der Waals surface area contributed by atoms with Gasteiger partial charge in [-0.1, -0.05) is 0 Å². The maximum atomic E-state index is 12.4. The third kappa shape index (κ3) is 3.79. The lowest BCUT2D eigenvalue weighted by Gasteiger charge is -2.22. The van der Waals surface area contributed by atoms with Gasteiger partial charge in [-0.2, -0.15) is 0 Å². The lowest BCUT2D eigenvalue weighted by atomic mass is 10.1. The molecule has 0 aliphatic carbocycles. The molecule has 0 fully saturated rings. The third-order valence-corrected chi connectivity index (χ3v) is 4.08. The van der Waals surface area contributed by atoms with E-state index < -0.39 is 0 Å². The third-order valence-electron chi connectivity index (χ3n) is 4.08. The molecule has 0 aromatic heterocycles. The molecule has 0 bridgehead atoms. The number of hydrogen-bond acceptors (Lipinski definition) is 4. The Morgan fingerprint density at radius 2 is 1.88 bits per heavy atom. The maximum absolute atomic E-state index is 12.4. The number of carbonyl (C=O) groups excluding carboxylic acids is 1. The number of benzene rings is 2. The number of nitrogens with zero attached hydrogens (tertiary/aromatic N) is 1. The Morgan fingerprint density at radius 1 is 1.17 bits per heavy atom. The minimum Gasteiger partial charge on any atom is -0.495 e. The number of nitrogens with one attached hydrogen (secondary N) is 1. The molecule has 0 unspecified atom stereocenters. The van der Waals surface area contributed by atoms with Crippen LogP contribution in [0, 0.1) is 6.92 Å². The fraction of sp³-hybridized carbons (Fsp3) is 0.316. The highest BCUT2D eigenvalue weighted by molar-refractivity contribution is 6.05. The molecule has 0 aliphatic rings. The molecule has 0 saturated heterocycles. The monoisotopic (exact) mass is 327 g/mol. The second kappa shape index (κ2) is 7.73. The summed E-state index contributed by atoms with van der Waals surface area (Å²) in [7, 11) is 1.55. The molecular formula is C19H25N3O2. The van der Waals surface area contributed by atoms with Crippen LogP contribution < -0.4 is 20.7 Å². The van der Waals surface area contributed by atoms with Crippen LogP contribution in [-0.4, -0.2) is 26.1 Å². The van der Waals surface area contributed by atoms with Crippen LogP contribution >= 0.6 is 0 Å². The number of nitrogens with two attached hydrogens (primary N) is 1. The van der Waals surface area contributed by atoms with E-state index in [4.69, 9.17) is 10.5 Å². The SMILES string of the molecule is CCN(CC)c1ccc(NC(=O)c2ccc(OC)c(N)c2)c(C)c1. The zero-order valence-corrected chi connectivity index (χ0v) is 14.7. The molecule has 2 aromatic carbocycles. The molecule has 1 amide bonds. The van der Waals surface area contributed by atoms with Crippen molar-refractivity contribution in [3.05, 3.63) is 47.5 Å². The Morgan fingerprint density at radius 3 is 2.42 bits per heavy atom. The van der Waals surface area contributed by atoms with Gasteiger partial charge in [0, 0.05) is 30.0 Å². The molecule has 0 heterocycles. The quantitative estimate of drug-likeness (QED) is 0.794. The average Bonchev–Trinajstić information content (AvgIpc) is 2.58. The van der Waals surface area contributed by atoms with E-state index in [0.29, 0.717) is 17.0 Å². The highest BCUT2D eigenvalue weighted by Crippen LogP contribution is 2.25. The minimum atomic E-state index is -0.192. The number of ether oxygens (including phenoxy) is 1. The van der Waals surface area contributed by atoms with Gasteiger partial charge in [-0.15, -0.1) is 0 Å². The number of hydrogen-bond donors (Lipinski definition) is 2. The molecule has 0 spiro atoms. The van der Waals surface area contributed by atoms with Crippen LogP contribution in [-0.2, 0) is 0 Å². The number of methoxy groups -OCH3 is 1. The van der Waals surface area contributed by atoms with Crippen molar-refractivity contribution in [2.24, 2.45) is 0 Å². The number of nitrogen functional groups attached to an aromatic ring is 1. The van der Waals surface area contributed by atoms with Crippen molar-refractivity contribution in [1.29, 1.82) is 0 Å². The molecular weight excluding hydrogens is 302 g/mol. The molecule has 0 saturated carbocycles. The van der Waals surface area contributed by atoms with E-state index in [9.17, 15) is 4.79 Å². The highest BCUT2D eigenvalue weighted by atomic mass is 16.5.